The Morgan fingerprint density at radius 3 is 2.19 bits per heavy atom. The lowest BCUT2D eigenvalue weighted by atomic mass is 9.77. The number of sulfone groups is 1. The van der Waals surface area contributed by atoms with Gasteiger partial charge in [-0.15, -0.1) is 0 Å². The van der Waals surface area contributed by atoms with E-state index in [-0.39, 0.29) is 30.6 Å². The smallest absolute Gasteiger partial charge is 0.314 e. The highest BCUT2D eigenvalue weighted by molar-refractivity contribution is 7.90. The second kappa shape index (κ2) is 7.81. The van der Waals surface area contributed by atoms with Gasteiger partial charge in [-0.2, -0.15) is 13.2 Å². The third-order valence-corrected chi connectivity index (χ3v) is 5.24. The van der Waals surface area contributed by atoms with E-state index in [1.807, 2.05) is 6.92 Å². The highest BCUT2D eigenvalue weighted by Crippen LogP contribution is 2.40. The van der Waals surface area contributed by atoms with Crippen LogP contribution in [0.3, 0.4) is 0 Å². The Hall–Kier alpha value is -0.300. The number of alkyl halides is 3. The van der Waals surface area contributed by atoms with Gasteiger partial charge in [0.05, 0.1) is 11.7 Å². The molecule has 0 aromatic carbocycles. The van der Waals surface area contributed by atoms with Crippen LogP contribution in [0, 0.1) is 11.8 Å². The first-order chi connectivity index (χ1) is 9.63. The SMILES string of the molecule is CCCNC(CCS(C)(=O)=O)C1CCC(C(F)(F)F)CC1. The van der Waals surface area contributed by atoms with E-state index >= 15 is 0 Å². The highest BCUT2D eigenvalue weighted by atomic mass is 32.2. The fraction of sp³-hybridized carbons (Fsp3) is 1.00. The summed E-state index contributed by atoms with van der Waals surface area (Å²) < 4.78 is 60.6. The summed E-state index contributed by atoms with van der Waals surface area (Å²) in [4.78, 5) is 0. The zero-order valence-electron chi connectivity index (χ0n) is 12.7. The molecule has 21 heavy (non-hydrogen) atoms. The first-order valence-corrected chi connectivity index (χ1v) is 9.67. The van der Waals surface area contributed by atoms with E-state index in [0.29, 0.717) is 19.3 Å². The third kappa shape index (κ3) is 7.00. The number of halogens is 3. The summed E-state index contributed by atoms with van der Waals surface area (Å²) in [6.07, 6.45) is -0.110. The van der Waals surface area contributed by atoms with Crippen molar-refractivity contribution in [2.24, 2.45) is 11.8 Å². The van der Waals surface area contributed by atoms with E-state index in [4.69, 9.17) is 0 Å². The van der Waals surface area contributed by atoms with Gasteiger partial charge in [0.15, 0.2) is 0 Å². The standard InChI is InChI=1S/C14H26F3NO2S/c1-3-9-18-13(8-10-21(2,19)20)11-4-6-12(7-5-11)14(15,16)17/h11-13,18H,3-10H2,1-2H3. The summed E-state index contributed by atoms with van der Waals surface area (Å²) in [6, 6.07) is 0.00820. The molecule has 0 aromatic rings. The van der Waals surface area contributed by atoms with Gasteiger partial charge in [0.1, 0.15) is 9.84 Å². The predicted octanol–water partition coefficient (Wildman–Crippen LogP) is 3.16. The molecule has 0 spiro atoms. The minimum atomic E-state index is -4.09. The van der Waals surface area contributed by atoms with Crippen molar-refractivity contribution in [1.29, 1.82) is 0 Å². The molecule has 0 amide bonds. The van der Waals surface area contributed by atoms with Crippen LogP contribution >= 0.6 is 0 Å². The molecule has 0 radical (unpaired) electrons. The molecule has 0 aliphatic heterocycles. The molecule has 1 atom stereocenters. The van der Waals surface area contributed by atoms with Crippen molar-refractivity contribution in [3.63, 3.8) is 0 Å². The monoisotopic (exact) mass is 329 g/mol. The molecule has 126 valence electrons. The third-order valence-electron chi connectivity index (χ3n) is 4.26. The van der Waals surface area contributed by atoms with Gasteiger partial charge in [-0.3, -0.25) is 0 Å². The molecule has 1 aliphatic carbocycles. The lowest BCUT2D eigenvalue weighted by Crippen LogP contribution is -2.41. The summed E-state index contributed by atoms with van der Waals surface area (Å²) in [5, 5.41) is 3.32. The van der Waals surface area contributed by atoms with Gasteiger partial charge < -0.3 is 5.32 Å². The van der Waals surface area contributed by atoms with E-state index < -0.39 is 21.9 Å². The van der Waals surface area contributed by atoms with Crippen molar-refractivity contribution in [1.82, 2.24) is 5.32 Å². The van der Waals surface area contributed by atoms with Crippen LogP contribution in [0.1, 0.15) is 45.4 Å². The van der Waals surface area contributed by atoms with Crippen LogP contribution in [0.2, 0.25) is 0 Å². The molecule has 0 heterocycles. The maximum atomic E-state index is 12.7. The first-order valence-electron chi connectivity index (χ1n) is 7.61. The summed E-state index contributed by atoms with van der Waals surface area (Å²) >= 11 is 0. The first kappa shape index (κ1) is 18.7. The summed E-state index contributed by atoms with van der Waals surface area (Å²) in [6.45, 7) is 2.79. The van der Waals surface area contributed by atoms with Gasteiger partial charge in [-0.05, 0) is 51.0 Å². The van der Waals surface area contributed by atoms with Crippen molar-refractivity contribution in [2.75, 3.05) is 18.6 Å². The highest BCUT2D eigenvalue weighted by Gasteiger charge is 2.42. The van der Waals surface area contributed by atoms with Gasteiger partial charge in [0.2, 0.25) is 0 Å². The van der Waals surface area contributed by atoms with E-state index in [1.165, 1.54) is 6.26 Å². The maximum Gasteiger partial charge on any atom is 0.391 e. The van der Waals surface area contributed by atoms with Gasteiger partial charge in [-0.1, -0.05) is 6.92 Å². The van der Waals surface area contributed by atoms with Gasteiger partial charge in [0.25, 0.3) is 0 Å². The number of hydrogen-bond acceptors (Lipinski definition) is 3. The molecular weight excluding hydrogens is 303 g/mol. The maximum absolute atomic E-state index is 12.7. The molecule has 1 saturated carbocycles. The molecule has 0 saturated heterocycles. The van der Waals surface area contributed by atoms with Gasteiger partial charge >= 0.3 is 6.18 Å². The summed E-state index contributed by atoms with van der Waals surface area (Å²) in [5.41, 5.74) is 0. The quantitative estimate of drug-likeness (QED) is 0.780. The number of nitrogens with one attached hydrogen (secondary N) is 1. The zero-order valence-corrected chi connectivity index (χ0v) is 13.6. The fourth-order valence-electron chi connectivity index (χ4n) is 3.02. The van der Waals surface area contributed by atoms with Crippen LogP contribution in [0.5, 0.6) is 0 Å². The van der Waals surface area contributed by atoms with Crippen molar-refractivity contribution in [2.45, 2.75) is 57.7 Å². The molecule has 7 heteroatoms. The van der Waals surface area contributed by atoms with Crippen LogP contribution in [0.25, 0.3) is 0 Å². The molecule has 1 fully saturated rings. The molecule has 1 aliphatic rings. The zero-order chi connectivity index (χ0) is 16.1. The number of rotatable bonds is 7. The number of hydrogen-bond donors (Lipinski definition) is 1. The topological polar surface area (TPSA) is 46.2 Å². The molecule has 1 N–H and O–H groups in total. The van der Waals surface area contributed by atoms with E-state index in [9.17, 15) is 21.6 Å². The van der Waals surface area contributed by atoms with Crippen molar-refractivity contribution in [3.05, 3.63) is 0 Å². The molecule has 1 unspecified atom stereocenters. The lowest BCUT2D eigenvalue weighted by Gasteiger charge is -2.35. The molecule has 1 rings (SSSR count). The largest absolute Gasteiger partial charge is 0.391 e. The fourth-order valence-corrected chi connectivity index (χ4v) is 3.71. The van der Waals surface area contributed by atoms with E-state index in [2.05, 4.69) is 5.32 Å². The minimum Gasteiger partial charge on any atom is -0.314 e. The Kier molecular flexibility index (Phi) is 6.97. The van der Waals surface area contributed by atoms with Gasteiger partial charge in [0, 0.05) is 12.3 Å². The van der Waals surface area contributed by atoms with Gasteiger partial charge in [-0.25, -0.2) is 8.42 Å². The van der Waals surface area contributed by atoms with Crippen LogP contribution in [0.15, 0.2) is 0 Å². The lowest BCUT2D eigenvalue weighted by molar-refractivity contribution is -0.184. The van der Waals surface area contributed by atoms with Crippen molar-refractivity contribution < 1.29 is 21.6 Å². The minimum absolute atomic E-state index is 0.00820. The Labute approximate surface area is 125 Å². The normalized spacial score (nSPS) is 25.8. The van der Waals surface area contributed by atoms with E-state index in [0.717, 1.165) is 13.0 Å². The Bertz CT molecular complexity index is 401. The second-order valence-electron chi connectivity index (χ2n) is 6.13. The molecule has 0 aromatic heterocycles. The average molecular weight is 329 g/mol. The average Bonchev–Trinajstić information content (AvgIpc) is 2.37. The van der Waals surface area contributed by atoms with Crippen LogP contribution in [0.4, 0.5) is 13.2 Å². The van der Waals surface area contributed by atoms with Crippen molar-refractivity contribution >= 4 is 9.84 Å². The van der Waals surface area contributed by atoms with Crippen LogP contribution in [-0.4, -0.2) is 39.2 Å². The Morgan fingerprint density at radius 1 is 1.19 bits per heavy atom. The Balaban J connectivity index is 2.55. The molecular formula is C14H26F3NO2S. The predicted molar refractivity (Wildman–Crippen MR) is 77.9 cm³/mol. The van der Waals surface area contributed by atoms with Crippen molar-refractivity contribution in [3.8, 4) is 0 Å². The van der Waals surface area contributed by atoms with Crippen LogP contribution < -0.4 is 5.32 Å². The molecule has 3 nitrogen and oxygen atoms in total. The second-order valence-corrected chi connectivity index (χ2v) is 8.39. The Morgan fingerprint density at radius 2 is 1.76 bits per heavy atom. The summed E-state index contributed by atoms with van der Waals surface area (Å²) in [7, 11) is -3.04. The van der Waals surface area contributed by atoms with Crippen LogP contribution in [-0.2, 0) is 9.84 Å². The van der Waals surface area contributed by atoms with E-state index in [1.54, 1.807) is 0 Å². The molecule has 0 bridgehead atoms. The summed E-state index contributed by atoms with van der Waals surface area (Å²) in [5.74, 6) is -0.944.